The zero-order chi connectivity index (χ0) is 55.3. The lowest BCUT2D eigenvalue weighted by molar-refractivity contribution is -0.145. The molecule has 0 bridgehead atoms. The Morgan fingerprint density at radius 2 is 0.587 bits per heavy atom. The number of carbonyl (C=O) groups excluding carboxylic acids is 6. The van der Waals surface area contributed by atoms with Crippen molar-refractivity contribution in [2.75, 3.05) is 178 Å². The Morgan fingerprint density at radius 3 is 0.853 bits per heavy atom. The summed E-state index contributed by atoms with van der Waals surface area (Å²) in [7, 11) is 3.97. The van der Waals surface area contributed by atoms with Gasteiger partial charge in [0.05, 0.1) is 78.2 Å². The highest BCUT2D eigenvalue weighted by Crippen LogP contribution is 2.22. The van der Waals surface area contributed by atoms with Gasteiger partial charge in [-0.05, 0) is 104 Å². The summed E-state index contributed by atoms with van der Waals surface area (Å²) in [5.74, 6) is 0.221. The number of carbonyl (C=O) groups is 6. The number of piperazine rings is 2. The van der Waals surface area contributed by atoms with Gasteiger partial charge in [0.25, 0.3) is 0 Å². The van der Waals surface area contributed by atoms with Crippen molar-refractivity contribution in [3.63, 3.8) is 0 Å². The van der Waals surface area contributed by atoms with E-state index >= 15 is 0 Å². The lowest BCUT2D eigenvalue weighted by atomic mass is 9.92. The molecule has 0 saturated carbocycles. The van der Waals surface area contributed by atoms with Gasteiger partial charge in [0, 0.05) is 105 Å². The van der Waals surface area contributed by atoms with Gasteiger partial charge in [-0.1, -0.05) is 41.5 Å². The van der Waals surface area contributed by atoms with Crippen LogP contribution in [0.5, 0.6) is 0 Å². The van der Waals surface area contributed by atoms with Gasteiger partial charge in [0.2, 0.25) is 0 Å². The molecule has 75 heavy (non-hydrogen) atoms. The molecule has 0 atom stereocenters. The van der Waals surface area contributed by atoms with Crippen LogP contribution in [0, 0.1) is 5.92 Å². The largest absolute Gasteiger partial charge is 0.466 e. The number of esters is 6. The molecule has 19 heteroatoms. The summed E-state index contributed by atoms with van der Waals surface area (Å²) >= 11 is 0. The van der Waals surface area contributed by atoms with E-state index in [0.29, 0.717) is 91.3 Å². The number of ether oxygens (including phenoxy) is 6. The van der Waals surface area contributed by atoms with Crippen LogP contribution >= 0.6 is 0 Å². The van der Waals surface area contributed by atoms with Crippen molar-refractivity contribution in [3.8, 4) is 0 Å². The van der Waals surface area contributed by atoms with Gasteiger partial charge in [0.15, 0.2) is 0 Å². The normalized spacial score (nSPS) is 16.1. The summed E-state index contributed by atoms with van der Waals surface area (Å²) in [6.45, 7) is 32.8. The highest BCUT2D eigenvalue weighted by Gasteiger charge is 2.22. The Kier molecular flexibility index (Phi) is 43.2. The second kappa shape index (κ2) is 46.6. The molecular formula is C56H107N7O12. The predicted octanol–water partition coefficient (Wildman–Crippen LogP) is 5.61. The molecule has 0 aliphatic carbocycles. The Hall–Kier alpha value is -3.46. The molecule has 0 aromatic carbocycles. The highest BCUT2D eigenvalue weighted by atomic mass is 16.5. The van der Waals surface area contributed by atoms with Crippen LogP contribution in [0.1, 0.15) is 144 Å². The van der Waals surface area contributed by atoms with Crippen LogP contribution in [0.3, 0.4) is 0 Å². The maximum Gasteiger partial charge on any atom is 0.307 e. The van der Waals surface area contributed by atoms with Crippen molar-refractivity contribution in [2.45, 2.75) is 144 Å². The summed E-state index contributed by atoms with van der Waals surface area (Å²) in [5, 5.41) is 0. The van der Waals surface area contributed by atoms with E-state index in [1.165, 1.54) is 32.2 Å². The SMILES string of the molecule is CCCOC(=O)CCN(C)CCN(C)CCC(=O)OCCC.CCCOC(=O)CCN1CCC(CCCN2CCN(CCC(=O)OCCC)CC2)CC1.CCCOC(=O)CCN1CCN(CCC(=O)OCCC)CC1. The van der Waals surface area contributed by atoms with Crippen LogP contribution in [0.4, 0.5) is 0 Å². The van der Waals surface area contributed by atoms with Crippen molar-refractivity contribution >= 4 is 35.8 Å². The maximum absolute atomic E-state index is 11.6. The van der Waals surface area contributed by atoms with Gasteiger partial charge in [-0.3, -0.25) is 28.8 Å². The topological polar surface area (TPSA) is 180 Å². The van der Waals surface area contributed by atoms with Crippen molar-refractivity contribution in [1.82, 2.24) is 34.3 Å². The van der Waals surface area contributed by atoms with Gasteiger partial charge in [-0.2, -0.15) is 0 Å². The predicted molar refractivity (Wildman–Crippen MR) is 294 cm³/mol. The fourth-order valence-corrected chi connectivity index (χ4v) is 8.43. The Balaban J connectivity index is 0.000000577. The summed E-state index contributed by atoms with van der Waals surface area (Å²) < 4.78 is 30.5. The third kappa shape index (κ3) is 39.5. The van der Waals surface area contributed by atoms with E-state index in [-0.39, 0.29) is 35.8 Å². The minimum absolute atomic E-state index is 0.0551. The van der Waals surface area contributed by atoms with Crippen molar-refractivity contribution < 1.29 is 57.2 Å². The molecular weight excluding hydrogens is 963 g/mol. The number of likely N-dealkylation sites (tertiary alicyclic amines) is 1. The van der Waals surface area contributed by atoms with E-state index in [2.05, 4.69) is 34.3 Å². The first-order valence-electron chi connectivity index (χ1n) is 29.2. The van der Waals surface area contributed by atoms with Crippen LogP contribution in [-0.2, 0) is 57.2 Å². The summed E-state index contributed by atoms with van der Waals surface area (Å²) in [5.41, 5.74) is 0. The van der Waals surface area contributed by atoms with Gasteiger partial charge in [-0.25, -0.2) is 0 Å². The summed E-state index contributed by atoms with van der Waals surface area (Å²) in [6, 6.07) is 0. The molecule has 0 amide bonds. The average molecular weight is 1070 g/mol. The molecule has 0 spiro atoms. The van der Waals surface area contributed by atoms with Crippen molar-refractivity contribution in [3.05, 3.63) is 0 Å². The molecule has 0 unspecified atom stereocenters. The molecule has 3 rings (SSSR count). The number of likely N-dealkylation sites (N-methyl/N-ethyl adjacent to an activating group) is 2. The van der Waals surface area contributed by atoms with Crippen molar-refractivity contribution in [2.24, 2.45) is 5.92 Å². The third-order valence-electron chi connectivity index (χ3n) is 13.3. The van der Waals surface area contributed by atoms with E-state index in [1.54, 1.807) is 0 Å². The maximum atomic E-state index is 11.6. The van der Waals surface area contributed by atoms with Crippen molar-refractivity contribution in [1.29, 1.82) is 0 Å². The van der Waals surface area contributed by atoms with E-state index in [0.717, 1.165) is 149 Å². The molecule has 0 radical (unpaired) electrons. The fourth-order valence-electron chi connectivity index (χ4n) is 8.43. The molecule has 3 heterocycles. The van der Waals surface area contributed by atoms with E-state index in [1.807, 2.05) is 55.6 Å². The average Bonchev–Trinajstić information content (AvgIpc) is 3.43. The molecule has 3 fully saturated rings. The first-order valence-corrected chi connectivity index (χ1v) is 29.2. The third-order valence-corrected chi connectivity index (χ3v) is 13.3. The number of piperidine rings is 1. The smallest absolute Gasteiger partial charge is 0.307 e. The van der Waals surface area contributed by atoms with Crippen LogP contribution in [-0.4, -0.2) is 248 Å². The Labute approximate surface area is 454 Å². The minimum atomic E-state index is -0.138. The van der Waals surface area contributed by atoms with Gasteiger partial charge >= 0.3 is 35.8 Å². The Bertz CT molecular complexity index is 1370. The quantitative estimate of drug-likeness (QED) is 0.0553. The second-order valence-electron chi connectivity index (χ2n) is 20.2. The number of hydrogen-bond acceptors (Lipinski definition) is 19. The first-order chi connectivity index (χ1) is 36.2. The zero-order valence-electron chi connectivity index (χ0n) is 48.6. The zero-order valence-corrected chi connectivity index (χ0v) is 48.6. The van der Waals surface area contributed by atoms with Crippen LogP contribution in [0.25, 0.3) is 0 Å². The number of hydrogen-bond donors (Lipinski definition) is 0. The van der Waals surface area contributed by atoms with Crippen LogP contribution < -0.4 is 0 Å². The molecule has 3 saturated heterocycles. The standard InChI is InChI=1S/C24H45N3O4.C16H30N2O4.C16H32N2O4/c1-3-20-30-23(28)9-14-26-12-7-22(8-13-26)6-5-11-25-16-18-27(19-17-25)15-10-24(29)31-21-4-2;1-3-13-21-15(19)5-7-17-9-11-18(12-10-17)8-6-16(20)22-14-4-2;1-5-13-21-15(19)7-9-17(3)11-12-18(4)10-8-16(20)22-14-6-2/h22H,3-21H2,1-2H3;3-14H2,1-2H3;5-14H2,1-4H3. The number of nitrogens with zero attached hydrogens (tertiary/aromatic N) is 7. The molecule has 19 nitrogen and oxygen atoms in total. The summed E-state index contributed by atoms with van der Waals surface area (Å²) in [6.07, 6.45) is 13.1. The molecule has 0 aromatic heterocycles. The van der Waals surface area contributed by atoms with E-state index in [9.17, 15) is 28.8 Å². The summed E-state index contributed by atoms with van der Waals surface area (Å²) in [4.78, 5) is 85.1. The fraction of sp³-hybridized carbons (Fsp3) is 0.893. The molecule has 0 aromatic rings. The molecule has 438 valence electrons. The van der Waals surface area contributed by atoms with Gasteiger partial charge in [-0.15, -0.1) is 0 Å². The van der Waals surface area contributed by atoms with Crippen LogP contribution in [0.2, 0.25) is 0 Å². The van der Waals surface area contributed by atoms with Gasteiger partial charge in [0.1, 0.15) is 0 Å². The lowest BCUT2D eigenvalue weighted by Gasteiger charge is -2.35. The van der Waals surface area contributed by atoms with E-state index < -0.39 is 0 Å². The minimum Gasteiger partial charge on any atom is -0.466 e. The molecule has 3 aliphatic heterocycles. The second-order valence-corrected chi connectivity index (χ2v) is 20.2. The highest BCUT2D eigenvalue weighted by molar-refractivity contribution is 5.71. The monoisotopic (exact) mass is 1070 g/mol. The Morgan fingerprint density at radius 1 is 0.347 bits per heavy atom. The van der Waals surface area contributed by atoms with Crippen LogP contribution in [0.15, 0.2) is 0 Å². The van der Waals surface area contributed by atoms with Gasteiger partial charge < -0.3 is 62.7 Å². The number of rotatable bonds is 37. The van der Waals surface area contributed by atoms with E-state index in [4.69, 9.17) is 28.4 Å². The molecule has 3 aliphatic rings. The lowest BCUT2D eigenvalue weighted by Crippen LogP contribution is -2.47. The molecule has 0 N–H and O–H groups in total. The first kappa shape index (κ1) is 69.6.